The molecule has 6 nitrogen and oxygen atoms in total. The Balaban J connectivity index is 2.00. The summed E-state index contributed by atoms with van der Waals surface area (Å²) in [7, 11) is 0. The van der Waals surface area contributed by atoms with E-state index in [1.165, 1.54) is 19.1 Å². The van der Waals surface area contributed by atoms with Gasteiger partial charge in [-0.05, 0) is 92.4 Å². The van der Waals surface area contributed by atoms with Crippen molar-refractivity contribution >= 4 is 18.0 Å². The Bertz CT molecular complexity index is 1460. The molecule has 0 amide bonds. The zero-order valence-electron chi connectivity index (χ0n) is 31.7. The van der Waals surface area contributed by atoms with Gasteiger partial charge in [-0.25, -0.2) is 0 Å². The van der Waals surface area contributed by atoms with Crippen molar-refractivity contribution in [2.45, 2.75) is 120 Å². The van der Waals surface area contributed by atoms with Gasteiger partial charge in [-0.1, -0.05) is 120 Å². The van der Waals surface area contributed by atoms with Crippen LogP contribution in [0.5, 0.6) is 0 Å². The molecule has 0 aromatic rings. The van der Waals surface area contributed by atoms with Gasteiger partial charge in [0.05, 0.1) is 11.7 Å². The Kier molecular flexibility index (Phi) is 14.7. The summed E-state index contributed by atoms with van der Waals surface area (Å²) in [6.07, 6.45) is 26.7. The predicted molar refractivity (Wildman–Crippen MR) is 201 cm³/mol. The lowest BCUT2D eigenvalue weighted by Gasteiger charge is -2.50. The highest BCUT2D eigenvalue weighted by Crippen LogP contribution is 2.51. The van der Waals surface area contributed by atoms with Crippen LogP contribution >= 0.6 is 0 Å². The monoisotopic (exact) mass is 672 g/mol. The van der Waals surface area contributed by atoms with Crippen LogP contribution in [-0.4, -0.2) is 46.1 Å². The molecule has 2 aliphatic rings. The number of aliphatic hydroxyl groups is 2. The molecule has 2 atom stereocenters. The molecule has 2 N–H and O–H groups in total. The van der Waals surface area contributed by atoms with Crippen molar-refractivity contribution in [2.75, 3.05) is 0 Å². The number of carbonyl (C=O) groups excluding carboxylic acids is 3. The molecule has 0 aromatic carbocycles. The topological polar surface area (TPSA) is 101 Å². The fraction of sp³-hybridized carbons (Fsp3) is 0.512. The first-order chi connectivity index (χ1) is 22.6. The van der Waals surface area contributed by atoms with Crippen molar-refractivity contribution < 1.29 is 29.3 Å². The standard InChI is InChI=1S/C43H60O6/c1-30(17-14-18-31(2)19-21-39-42(9,10)27-37(49-33(4)45)28-43(39,11)48)15-12-13-16-32(3)23-35(46)24-34(29-44)20-22-38-40(5,6)25-36(47)26-41(38,7)8/h12-24,29,36-38,47-48H,25-28H2,1-11H3. The minimum absolute atomic E-state index is 0.126. The van der Waals surface area contributed by atoms with Gasteiger partial charge in [-0.15, -0.1) is 0 Å². The van der Waals surface area contributed by atoms with Crippen LogP contribution < -0.4 is 0 Å². The molecule has 0 radical (unpaired) electrons. The molecule has 2 saturated carbocycles. The Morgan fingerprint density at radius 1 is 0.735 bits per heavy atom. The lowest BCUT2D eigenvalue weighted by Crippen LogP contribution is -2.46. The van der Waals surface area contributed by atoms with Crippen molar-refractivity contribution in [2.24, 2.45) is 22.2 Å². The van der Waals surface area contributed by atoms with Crippen molar-refractivity contribution in [3.63, 3.8) is 0 Å². The van der Waals surface area contributed by atoms with Crippen LogP contribution in [0.2, 0.25) is 0 Å². The van der Waals surface area contributed by atoms with Crippen molar-refractivity contribution in [3.8, 4) is 0 Å². The number of allylic oxidation sites excluding steroid dienone is 17. The van der Waals surface area contributed by atoms with Gasteiger partial charge in [-0.2, -0.15) is 0 Å². The lowest BCUT2D eigenvalue weighted by molar-refractivity contribution is -0.152. The molecule has 0 saturated heterocycles. The maximum Gasteiger partial charge on any atom is 0.302 e. The molecule has 6 heteroatoms. The average Bonchev–Trinajstić information content (AvgIpc) is 2.91. The molecule has 2 unspecified atom stereocenters. The van der Waals surface area contributed by atoms with E-state index < -0.39 is 5.60 Å². The van der Waals surface area contributed by atoms with E-state index in [1.807, 2.05) is 81.5 Å². The quantitative estimate of drug-likeness (QED) is 0.0929. The van der Waals surface area contributed by atoms with E-state index in [0.29, 0.717) is 37.5 Å². The number of carbonyl (C=O) groups is 3. The Morgan fingerprint density at radius 2 is 1.29 bits per heavy atom. The second kappa shape index (κ2) is 17.4. The third-order valence-electron chi connectivity index (χ3n) is 9.57. The molecule has 2 rings (SSSR count). The van der Waals surface area contributed by atoms with Gasteiger partial charge in [0.25, 0.3) is 0 Å². The SMILES string of the molecule is CC(=O)OC1CC(C)(C)C(=CC=C(C)C=CC=C(C)C=CC=CC(C)=CC(=O)C=C(C=O)C=CC2C(C)(C)CC(O)CC2(C)C)C(C)(O)C1. The van der Waals surface area contributed by atoms with Gasteiger partial charge in [0.2, 0.25) is 0 Å². The Hall–Kier alpha value is -3.61. The fourth-order valence-electron chi connectivity index (χ4n) is 7.78. The number of ketones is 1. The fourth-order valence-corrected chi connectivity index (χ4v) is 7.78. The van der Waals surface area contributed by atoms with Crippen LogP contribution in [0.3, 0.4) is 0 Å². The van der Waals surface area contributed by atoms with E-state index in [1.54, 1.807) is 13.0 Å². The first-order valence-electron chi connectivity index (χ1n) is 17.3. The van der Waals surface area contributed by atoms with Gasteiger partial charge in [0.1, 0.15) is 12.4 Å². The zero-order chi connectivity index (χ0) is 37.2. The summed E-state index contributed by atoms with van der Waals surface area (Å²) in [6.45, 7) is 21.7. The minimum Gasteiger partial charge on any atom is -0.462 e. The third kappa shape index (κ3) is 13.3. The first kappa shape index (κ1) is 41.6. The van der Waals surface area contributed by atoms with Crippen LogP contribution in [-0.2, 0) is 19.1 Å². The Morgan fingerprint density at radius 3 is 1.84 bits per heavy atom. The van der Waals surface area contributed by atoms with Gasteiger partial charge in [0, 0.05) is 18.9 Å². The highest BCUT2D eigenvalue weighted by molar-refractivity contribution is 6.03. The second-order valence-electron chi connectivity index (χ2n) is 16.2. The van der Waals surface area contributed by atoms with Crippen LogP contribution in [0, 0.1) is 22.2 Å². The maximum atomic E-state index is 12.6. The molecule has 0 aliphatic heterocycles. The molecule has 2 aliphatic carbocycles. The number of ether oxygens (including phenoxy) is 1. The van der Waals surface area contributed by atoms with E-state index in [4.69, 9.17) is 4.74 Å². The molecule has 2 fully saturated rings. The summed E-state index contributed by atoms with van der Waals surface area (Å²) in [5.41, 5.74) is 2.45. The molecular formula is C43H60O6. The normalized spacial score (nSPS) is 29.0. The summed E-state index contributed by atoms with van der Waals surface area (Å²) in [6, 6.07) is 0. The molecule has 49 heavy (non-hydrogen) atoms. The molecule has 268 valence electrons. The van der Waals surface area contributed by atoms with Crippen molar-refractivity contribution in [1.29, 1.82) is 0 Å². The van der Waals surface area contributed by atoms with E-state index >= 15 is 0 Å². The maximum absolute atomic E-state index is 12.6. The van der Waals surface area contributed by atoms with Crippen LogP contribution in [0.1, 0.15) is 102 Å². The van der Waals surface area contributed by atoms with Crippen LogP contribution in [0.25, 0.3) is 0 Å². The number of hydrogen-bond acceptors (Lipinski definition) is 6. The summed E-state index contributed by atoms with van der Waals surface area (Å²) >= 11 is 0. The number of esters is 1. The van der Waals surface area contributed by atoms with Crippen LogP contribution in [0.15, 0.2) is 107 Å². The van der Waals surface area contributed by atoms with Gasteiger partial charge >= 0.3 is 5.97 Å². The zero-order valence-corrected chi connectivity index (χ0v) is 31.7. The second-order valence-corrected chi connectivity index (χ2v) is 16.2. The molecule has 0 spiro atoms. The Labute approximate surface area is 295 Å². The molecule has 0 aromatic heterocycles. The van der Waals surface area contributed by atoms with Gasteiger partial charge < -0.3 is 14.9 Å². The van der Waals surface area contributed by atoms with E-state index in [0.717, 1.165) is 22.3 Å². The molecular weight excluding hydrogens is 612 g/mol. The summed E-state index contributed by atoms with van der Waals surface area (Å²) in [5, 5.41) is 21.5. The number of aldehydes is 1. The van der Waals surface area contributed by atoms with E-state index in [-0.39, 0.29) is 46.1 Å². The predicted octanol–water partition coefficient (Wildman–Crippen LogP) is 9.00. The largest absolute Gasteiger partial charge is 0.462 e. The van der Waals surface area contributed by atoms with E-state index in [9.17, 15) is 24.6 Å². The number of rotatable bonds is 12. The highest BCUT2D eigenvalue weighted by Gasteiger charge is 2.46. The van der Waals surface area contributed by atoms with Gasteiger partial charge in [0.15, 0.2) is 5.78 Å². The highest BCUT2D eigenvalue weighted by atomic mass is 16.5. The lowest BCUT2D eigenvalue weighted by atomic mass is 9.56. The summed E-state index contributed by atoms with van der Waals surface area (Å²) in [4.78, 5) is 35.9. The molecule has 0 bridgehead atoms. The molecule has 0 heterocycles. The van der Waals surface area contributed by atoms with Crippen LogP contribution in [0.4, 0.5) is 0 Å². The van der Waals surface area contributed by atoms with Crippen molar-refractivity contribution in [1.82, 2.24) is 0 Å². The summed E-state index contributed by atoms with van der Waals surface area (Å²) in [5.74, 6) is -0.423. The number of hydrogen-bond donors (Lipinski definition) is 2. The smallest absolute Gasteiger partial charge is 0.302 e. The van der Waals surface area contributed by atoms with E-state index in [2.05, 4.69) is 41.5 Å². The van der Waals surface area contributed by atoms with Crippen molar-refractivity contribution in [3.05, 3.63) is 107 Å². The first-order valence-corrected chi connectivity index (χ1v) is 17.3. The van der Waals surface area contributed by atoms with Gasteiger partial charge in [-0.3, -0.25) is 14.4 Å². The third-order valence-corrected chi connectivity index (χ3v) is 9.57. The summed E-state index contributed by atoms with van der Waals surface area (Å²) < 4.78 is 5.42. The minimum atomic E-state index is -1.07. The average molecular weight is 673 g/mol. The number of aliphatic hydroxyl groups excluding tert-OH is 1.